The van der Waals surface area contributed by atoms with Gasteiger partial charge >= 0.3 is 0 Å². The van der Waals surface area contributed by atoms with Gasteiger partial charge in [-0.2, -0.15) is 0 Å². The highest BCUT2D eigenvalue weighted by Gasteiger charge is 2.13. The Kier molecular flexibility index (Phi) is 5.10. The van der Waals surface area contributed by atoms with Crippen LogP contribution in [0.15, 0.2) is 39.8 Å². The zero-order valence-corrected chi connectivity index (χ0v) is 11.8. The van der Waals surface area contributed by atoms with Gasteiger partial charge in [-0.05, 0) is 30.7 Å². The minimum atomic E-state index is -0.347. The highest BCUT2D eigenvalue weighted by molar-refractivity contribution is 5.93. The number of hydrogen-bond donors (Lipinski definition) is 4. The van der Waals surface area contributed by atoms with Crippen LogP contribution in [0.4, 0.5) is 5.69 Å². The lowest BCUT2D eigenvalue weighted by Gasteiger charge is -1.99. The van der Waals surface area contributed by atoms with Crippen LogP contribution in [-0.2, 0) is 0 Å². The molecule has 0 spiro atoms. The largest absolute Gasteiger partial charge is 0.396 e. The van der Waals surface area contributed by atoms with E-state index in [2.05, 4.69) is 15.5 Å². The summed E-state index contributed by atoms with van der Waals surface area (Å²) in [7, 11) is 0. The molecule has 116 valence electrons. The van der Waals surface area contributed by atoms with Crippen molar-refractivity contribution in [1.82, 2.24) is 10.5 Å². The van der Waals surface area contributed by atoms with Gasteiger partial charge in [0.05, 0.1) is 5.69 Å². The molecule has 0 aliphatic rings. The van der Waals surface area contributed by atoms with Gasteiger partial charge in [0, 0.05) is 24.8 Å². The molecule has 0 aliphatic carbocycles. The van der Waals surface area contributed by atoms with Crippen LogP contribution >= 0.6 is 0 Å². The summed E-state index contributed by atoms with van der Waals surface area (Å²) < 4.78 is 5.15. The molecule has 0 aliphatic heterocycles. The van der Waals surface area contributed by atoms with Crippen molar-refractivity contribution in [2.45, 2.75) is 6.42 Å². The number of carbonyl (C=O) groups is 1. The molecule has 0 radical (unpaired) electrons. The zero-order chi connectivity index (χ0) is 15.9. The van der Waals surface area contributed by atoms with Gasteiger partial charge in [-0.3, -0.25) is 4.79 Å². The van der Waals surface area contributed by atoms with Crippen LogP contribution in [0.5, 0.6) is 0 Å². The first-order valence-electron chi connectivity index (χ1n) is 6.66. The molecule has 0 bridgehead atoms. The summed E-state index contributed by atoms with van der Waals surface area (Å²) in [6, 6.07) is 8.51. The fourth-order valence-corrected chi connectivity index (χ4v) is 1.74. The maximum Gasteiger partial charge on any atom is 0.273 e. The minimum absolute atomic E-state index is 0.0192. The summed E-state index contributed by atoms with van der Waals surface area (Å²) in [6.07, 6.45) is 0.489. The molecule has 0 atom stereocenters. The molecule has 0 saturated heterocycles. The van der Waals surface area contributed by atoms with Crippen molar-refractivity contribution in [2.75, 3.05) is 13.2 Å². The summed E-state index contributed by atoms with van der Waals surface area (Å²) in [4.78, 5) is 15.7. The maximum atomic E-state index is 11.8. The predicted octanol–water partition coefficient (Wildman–Crippen LogP) is 0.359. The molecule has 6 N–H and O–H groups in total. The third-order valence-electron chi connectivity index (χ3n) is 2.77. The van der Waals surface area contributed by atoms with Crippen molar-refractivity contribution in [3.05, 3.63) is 36.0 Å². The molecule has 2 aromatic rings. The van der Waals surface area contributed by atoms with E-state index >= 15 is 0 Å². The number of rotatable bonds is 6. The summed E-state index contributed by atoms with van der Waals surface area (Å²) in [5.74, 6) is 0.0957. The van der Waals surface area contributed by atoms with Gasteiger partial charge in [-0.1, -0.05) is 5.16 Å². The Bertz CT molecular complexity index is 659. The second-order valence-corrected chi connectivity index (χ2v) is 4.49. The number of amides is 1. The third kappa shape index (κ3) is 4.06. The number of guanidine groups is 1. The molecule has 1 aromatic heterocycles. The Hall–Kier alpha value is -2.87. The van der Waals surface area contributed by atoms with Crippen LogP contribution in [0.2, 0.25) is 0 Å². The average molecular weight is 303 g/mol. The van der Waals surface area contributed by atoms with E-state index in [1.165, 1.54) is 0 Å². The topological polar surface area (TPSA) is 140 Å². The van der Waals surface area contributed by atoms with Gasteiger partial charge in [0.15, 0.2) is 17.4 Å². The number of hydrogen-bond acceptors (Lipinski definition) is 5. The predicted molar refractivity (Wildman–Crippen MR) is 81.4 cm³/mol. The first-order chi connectivity index (χ1) is 10.6. The standard InChI is InChI=1S/C14H17N5O3/c15-14(16)18-10-4-2-9(3-5-10)12-8-11(19-22-12)13(21)17-6-1-7-20/h2-5,8,20H,1,6-7H2,(H,17,21)(H4,15,16,18). The van der Waals surface area contributed by atoms with E-state index in [1.54, 1.807) is 30.3 Å². The summed E-state index contributed by atoms with van der Waals surface area (Å²) >= 11 is 0. The zero-order valence-electron chi connectivity index (χ0n) is 11.8. The average Bonchev–Trinajstić information content (AvgIpc) is 2.97. The minimum Gasteiger partial charge on any atom is -0.396 e. The van der Waals surface area contributed by atoms with Gasteiger partial charge in [-0.25, -0.2) is 4.99 Å². The molecule has 22 heavy (non-hydrogen) atoms. The Morgan fingerprint density at radius 1 is 1.32 bits per heavy atom. The van der Waals surface area contributed by atoms with E-state index in [1.807, 2.05) is 0 Å². The van der Waals surface area contributed by atoms with Gasteiger partial charge in [0.25, 0.3) is 5.91 Å². The lowest BCUT2D eigenvalue weighted by Crippen LogP contribution is -2.25. The van der Waals surface area contributed by atoms with E-state index in [0.29, 0.717) is 24.4 Å². The molecular weight excluding hydrogens is 286 g/mol. The Labute approximate surface area is 126 Å². The number of nitrogens with two attached hydrogens (primary N) is 2. The Morgan fingerprint density at radius 3 is 2.68 bits per heavy atom. The number of nitrogens with zero attached hydrogens (tertiary/aromatic N) is 2. The quantitative estimate of drug-likeness (QED) is 0.345. The van der Waals surface area contributed by atoms with Crippen LogP contribution in [0.3, 0.4) is 0 Å². The molecule has 1 heterocycles. The van der Waals surface area contributed by atoms with E-state index in [4.69, 9.17) is 21.1 Å². The Balaban J connectivity index is 2.07. The summed E-state index contributed by atoms with van der Waals surface area (Å²) in [5, 5.41) is 15.0. The highest BCUT2D eigenvalue weighted by atomic mass is 16.5. The van der Waals surface area contributed by atoms with Crippen LogP contribution in [0.25, 0.3) is 11.3 Å². The molecule has 0 saturated carbocycles. The Morgan fingerprint density at radius 2 is 2.05 bits per heavy atom. The van der Waals surface area contributed by atoms with Gasteiger partial charge < -0.3 is 26.4 Å². The fourth-order valence-electron chi connectivity index (χ4n) is 1.74. The van der Waals surface area contributed by atoms with Gasteiger partial charge in [0.2, 0.25) is 0 Å². The van der Waals surface area contributed by atoms with Crippen molar-refractivity contribution in [1.29, 1.82) is 0 Å². The third-order valence-corrected chi connectivity index (χ3v) is 2.77. The fraction of sp³-hybridized carbons (Fsp3) is 0.214. The number of aliphatic hydroxyl groups is 1. The van der Waals surface area contributed by atoms with Gasteiger partial charge in [0.1, 0.15) is 0 Å². The molecule has 1 aromatic carbocycles. The molecule has 1 amide bonds. The number of aliphatic imine (C=N–C) groups is 1. The maximum absolute atomic E-state index is 11.8. The smallest absolute Gasteiger partial charge is 0.273 e. The molecule has 8 nitrogen and oxygen atoms in total. The number of carbonyl (C=O) groups excluding carboxylic acids is 1. The first-order valence-corrected chi connectivity index (χ1v) is 6.66. The molecule has 0 fully saturated rings. The van der Waals surface area contributed by atoms with Crippen LogP contribution in [0.1, 0.15) is 16.9 Å². The summed E-state index contributed by atoms with van der Waals surface area (Å²) in [5.41, 5.74) is 12.1. The molecule has 8 heteroatoms. The van der Waals surface area contributed by atoms with E-state index < -0.39 is 0 Å². The normalized spacial score (nSPS) is 10.2. The van der Waals surface area contributed by atoms with Crippen molar-refractivity contribution in [2.24, 2.45) is 16.5 Å². The number of aliphatic hydroxyl groups excluding tert-OH is 1. The lowest BCUT2D eigenvalue weighted by molar-refractivity contribution is 0.0942. The van der Waals surface area contributed by atoms with E-state index in [0.717, 1.165) is 5.56 Å². The second-order valence-electron chi connectivity index (χ2n) is 4.49. The molecular formula is C14H17N5O3. The van der Waals surface area contributed by atoms with Crippen LogP contribution in [-0.4, -0.2) is 35.3 Å². The second kappa shape index (κ2) is 7.23. The van der Waals surface area contributed by atoms with Crippen molar-refractivity contribution >= 4 is 17.6 Å². The van der Waals surface area contributed by atoms with Crippen molar-refractivity contribution in [3.8, 4) is 11.3 Å². The van der Waals surface area contributed by atoms with Crippen LogP contribution < -0.4 is 16.8 Å². The first kappa shape index (κ1) is 15.5. The van der Waals surface area contributed by atoms with Crippen molar-refractivity contribution in [3.63, 3.8) is 0 Å². The number of nitrogens with one attached hydrogen (secondary N) is 1. The van der Waals surface area contributed by atoms with Crippen molar-refractivity contribution < 1.29 is 14.4 Å². The number of benzene rings is 1. The summed E-state index contributed by atoms with van der Waals surface area (Å²) in [6.45, 7) is 0.400. The SMILES string of the molecule is NC(N)=Nc1ccc(-c2cc(C(=O)NCCCO)no2)cc1. The van der Waals surface area contributed by atoms with E-state index in [9.17, 15) is 4.79 Å². The lowest BCUT2D eigenvalue weighted by atomic mass is 10.1. The molecule has 2 rings (SSSR count). The number of aromatic nitrogens is 1. The van der Waals surface area contributed by atoms with E-state index in [-0.39, 0.29) is 24.2 Å². The molecule has 0 unspecified atom stereocenters. The monoisotopic (exact) mass is 303 g/mol. The van der Waals surface area contributed by atoms with Gasteiger partial charge in [-0.15, -0.1) is 0 Å². The highest BCUT2D eigenvalue weighted by Crippen LogP contribution is 2.23. The van der Waals surface area contributed by atoms with Crippen LogP contribution in [0, 0.1) is 0 Å².